The molecule has 7 heteroatoms. The number of nitrogen functional groups attached to an aromatic ring is 1. The SMILES string of the molecule is COC(=O)c1cc(-c2ccc(OC(F)(F)F)cc2)cc(N)c1C. The summed E-state index contributed by atoms with van der Waals surface area (Å²) in [6.45, 7) is 1.69. The van der Waals surface area contributed by atoms with Gasteiger partial charge in [-0.1, -0.05) is 12.1 Å². The van der Waals surface area contributed by atoms with Gasteiger partial charge in [-0.2, -0.15) is 0 Å². The Bertz CT molecular complexity index is 725. The molecule has 0 heterocycles. The predicted molar refractivity (Wildman–Crippen MR) is 79.0 cm³/mol. The molecule has 2 rings (SSSR count). The molecule has 0 aliphatic carbocycles. The fourth-order valence-corrected chi connectivity index (χ4v) is 2.07. The lowest BCUT2D eigenvalue weighted by molar-refractivity contribution is -0.274. The van der Waals surface area contributed by atoms with E-state index in [1.54, 1.807) is 19.1 Å². The molecule has 2 aromatic carbocycles. The van der Waals surface area contributed by atoms with Crippen LogP contribution in [0.5, 0.6) is 5.75 Å². The summed E-state index contributed by atoms with van der Waals surface area (Å²) >= 11 is 0. The van der Waals surface area contributed by atoms with Gasteiger partial charge in [-0.25, -0.2) is 4.79 Å². The summed E-state index contributed by atoms with van der Waals surface area (Å²) < 4.78 is 45.0. The van der Waals surface area contributed by atoms with E-state index in [4.69, 9.17) is 10.5 Å². The molecular formula is C16H14F3NO3. The number of esters is 1. The van der Waals surface area contributed by atoms with Crippen molar-refractivity contribution in [2.45, 2.75) is 13.3 Å². The molecule has 0 aliphatic rings. The second kappa shape index (κ2) is 6.20. The number of halogens is 3. The zero-order valence-corrected chi connectivity index (χ0v) is 12.4. The molecule has 0 saturated heterocycles. The van der Waals surface area contributed by atoms with Crippen LogP contribution in [-0.4, -0.2) is 19.4 Å². The van der Waals surface area contributed by atoms with Crippen molar-refractivity contribution in [2.24, 2.45) is 0 Å². The second-order valence-corrected chi connectivity index (χ2v) is 4.80. The van der Waals surface area contributed by atoms with E-state index in [1.807, 2.05) is 0 Å². The Labute approximate surface area is 130 Å². The summed E-state index contributed by atoms with van der Waals surface area (Å²) in [7, 11) is 1.26. The first-order chi connectivity index (χ1) is 10.7. The quantitative estimate of drug-likeness (QED) is 0.686. The number of anilines is 1. The first kappa shape index (κ1) is 16.7. The lowest BCUT2D eigenvalue weighted by Crippen LogP contribution is -2.16. The van der Waals surface area contributed by atoms with Crippen molar-refractivity contribution in [3.63, 3.8) is 0 Å². The highest BCUT2D eigenvalue weighted by Gasteiger charge is 2.31. The van der Waals surface area contributed by atoms with Gasteiger partial charge in [0.15, 0.2) is 0 Å². The Balaban J connectivity index is 2.39. The molecule has 0 bridgehead atoms. The Morgan fingerprint density at radius 1 is 1.09 bits per heavy atom. The van der Waals surface area contributed by atoms with Crippen LogP contribution in [0.15, 0.2) is 36.4 Å². The summed E-state index contributed by atoms with van der Waals surface area (Å²) in [5.41, 5.74) is 8.34. The van der Waals surface area contributed by atoms with E-state index in [-0.39, 0.29) is 5.75 Å². The summed E-state index contributed by atoms with van der Waals surface area (Å²) in [5, 5.41) is 0. The van der Waals surface area contributed by atoms with E-state index >= 15 is 0 Å². The number of ether oxygens (including phenoxy) is 2. The molecule has 0 unspecified atom stereocenters. The molecular weight excluding hydrogens is 311 g/mol. The van der Waals surface area contributed by atoms with Crippen molar-refractivity contribution in [1.29, 1.82) is 0 Å². The van der Waals surface area contributed by atoms with Gasteiger partial charge in [0.25, 0.3) is 0 Å². The van der Waals surface area contributed by atoms with Gasteiger partial charge in [-0.05, 0) is 47.9 Å². The van der Waals surface area contributed by atoms with Gasteiger partial charge in [-0.15, -0.1) is 13.2 Å². The summed E-state index contributed by atoms with van der Waals surface area (Å²) in [4.78, 5) is 11.8. The summed E-state index contributed by atoms with van der Waals surface area (Å²) in [5.74, 6) is -0.859. The standard InChI is InChI=1S/C16H14F3NO3/c1-9-13(15(21)22-2)7-11(8-14(9)20)10-3-5-12(6-4-10)23-16(17,18)19/h3-8H,20H2,1-2H3. The maximum Gasteiger partial charge on any atom is 0.573 e. The zero-order valence-electron chi connectivity index (χ0n) is 12.4. The maximum absolute atomic E-state index is 12.2. The normalized spacial score (nSPS) is 11.2. The Morgan fingerprint density at radius 3 is 2.22 bits per heavy atom. The molecule has 0 spiro atoms. The van der Waals surface area contributed by atoms with Crippen LogP contribution in [0, 0.1) is 6.92 Å². The summed E-state index contributed by atoms with van der Waals surface area (Å²) in [6, 6.07) is 8.50. The lowest BCUT2D eigenvalue weighted by atomic mass is 9.98. The van der Waals surface area contributed by atoms with E-state index in [0.29, 0.717) is 27.9 Å². The molecule has 0 radical (unpaired) electrons. The average molecular weight is 325 g/mol. The Kier molecular flexibility index (Phi) is 4.49. The minimum atomic E-state index is -4.74. The maximum atomic E-state index is 12.2. The van der Waals surface area contributed by atoms with Gasteiger partial charge >= 0.3 is 12.3 Å². The van der Waals surface area contributed by atoms with Crippen molar-refractivity contribution in [3.8, 4) is 16.9 Å². The molecule has 4 nitrogen and oxygen atoms in total. The highest BCUT2D eigenvalue weighted by atomic mass is 19.4. The van der Waals surface area contributed by atoms with E-state index in [0.717, 1.165) is 0 Å². The number of alkyl halides is 3. The highest BCUT2D eigenvalue weighted by molar-refractivity contribution is 5.94. The van der Waals surface area contributed by atoms with Crippen LogP contribution in [0.1, 0.15) is 15.9 Å². The lowest BCUT2D eigenvalue weighted by Gasteiger charge is -2.12. The highest BCUT2D eigenvalue weighted by Crippen LogP contribution is 2.30. The molecule has 0 amide bonds. The van der Waals surface area contributed by atoms with Crippen LogP contribution in [0.3, 0.4) is 0 Å². The molecule has 0 aliphatic heterocycles. The number of rotatable bonds is 3. The van der Waals surface area contributed by atoms with E-state index in [1.165, 1.54) is 31.4 Å². The van der Waals surface area contributed by atoms with Crippen molar-refractivity contribution in [1.82, 2.24) is 0 Å². The van der Waals surface area contributed by atoms with Crippen LogP contribution < -0.4 is 10.5 Å². The third-order valence-electron chi connectivity index (χ3n) is 3.27. The van der Waals surface area contributed by atoms with E-state index in [2.05, 4.69) is 4.74 Å². The molecule has 2 N–H and O–H groups in total. The van der Waals surface area contributed by atoms with E-state index in [9.17, 15) is 18.0 Å². The monoisotopic (exact) mass is 325 g/mol. The van der Waals surface area contributed by atoms with Crippen molar-refractivity contribution in [3.05, 3.63) is 47.5 Å². The first-order valence-electron chi connectivity index (χ1n) is 6.56. The van der Waals surface area contributed by atoms with Crippen LogP contribution in [0.2, 0.25) is 0 Å². The fourth-order valence-electron chi connectivity index (χ4n) is 2.07. The predicted octanol–water partition coefficient (Wildman–Crippen LogP) is 3.93. The molecule has 23 heavy (non-hydrogen) atoms. The third kappa shape index (κ3) is 3.94. The largest absolute Gasteiger partial charge is 0.573 e. The van der Waals surface area contributed by atoms with Crippen LogP contribution in [0.25, 0.3) is 11.1 Å². The third-order valence-corrected chi connectivity index (χ3v) is 3.27. The number of carbonyl (C=O) groups is 1. The molecule has 0 fully saturated rings. The number of nitrogens with two attached hydrogens (primary N) is 1. The number of hydrogen-bond donors (Lipinski definition) is 1. The minimum absolute atomic E-state index is 0.304. The minimum Gasteiger partial charge on any atom is -0.465 e. The Morgan fingerprint density at radius 2 is 1.70 bits per heavy atom. The van der Waals surface area contributed by atoms with Gasteiger partial charge in [-0.3, -0.25) is 0 Å². The van der Waals surface area contributed by atoms with Gasteiger partial charge in [0.2, 0.25) is 0 Å². The molecule has 0 atom stereocenters. The van der Waals surface area contributed by atoms with Crippen LogP contribution in [0.4, 0.5) is 18.9 Å². The molecule has 0 aromatic heterocycles. The second-order valence-electron chi connectivity index (χ2n) is 4.80. The topological polar surface area (TPSA) is 61.5 Å². The van der Waals surface area contributed by atoms with E-state index < -0.39 is 12.3 Å². The van der Waals surface area contributed by atoms with Crippen molar-refractivity contribution >= 4 is 11.7 Å². The van der Waals surface area contributed by atoms with Crippen molar-refractivity contribution in [2.75, 3.05) is 12.8 Å². The van der Waals surface area contributed by atoms with Gasteiger partial charge in [0.1, 0.15) is 5.75 Å². The van der Waals surface area contributed by atoms with Crippen LogP contribution >= 0.6 is 0 Å². The van der Waals surface area contributed by atoms with Crippen molar-refractivity contribution < 1.29 is 27.4 Å². The zero-order chi connectivity index (χ0) is 17.2. The molecule has 0 saturated carbocycles. The average Bonchev–Trinajstić information content (AvgIpc) is 2.48. The number of hydrogen-bond acceptors (Lipinski definition) is 4. The number of benzene rings is 2. The summed E-state index contributed by atoms with van der Waals surface area (Å²) in [6.07, 6.45) is -4.74. The Hall–Kier alpha value is -2.70. The number of methoxy groups -OCH3 is 1. The molecule has 2 aromatic rings. The first-order valence-corrected chi connectivity index (χ1v) is 6.56. The molecule has 122 valence electrons. The van der Waals surface area contributed by atoms with Gasteiger partial charge < -0.3 is 15.2 Å². The van der Waals surface area contributed by atoms with Crippen LogP contribution in [-0.2, 0) is 4.74 Å². The number of carbonyl (C=O) groups excluding carboxylic acids is 1. The van der Waals surface area contributed by atoms with Gasteiger partial charge in [0.05, 0.1) is 12.7 Å². The van der Waals surface area contributed by atoms with Gasteiger partial charge in [0, 0.05) is 5.69 Å². The smallest absolute Gasteiger partial charge is 0.465 e. The fraction of sp³-hybridized carbons (Fsp3) is 0.188.